The zero-order chi connectivity index (χ0) is 8.54. The van der Waals surface area contributed by atoms with Gasteiger partial charge in [-0.3, -0.25) is 0 Å². The van der Waals surface area contributed by atoms with Crippen molar-refractivity contribution in [1.82, 2.24) is 0 Å². The first-order chi connectivity index (χ1) is 4.96. The molecular weight excluding hydrogens is 177 g/mol. The third-order valence-electron chi connectivity index (χ3n) is 1.43. The monoisotopic (exact) mass is 182 g/mol. The lowest BCUT2D eigenvalue weighted by Crippen LogP contribution is -2.36. The minimum atomic E-state index is -4.40. The van der Waals surface area contributed by atoms with Crippen LogP contribution in [0.25, 0.3) is 0 Å². The van der Waals surface area contributed by atoms with Crippen molar-refractivity contribution in [2.45, 2.75) is 17.5 Å². The van der Waals surface area contributed by atoms with E-state index in [1.807, 2.05) is 0 Å². The highest BCUT2D eigenvalue weighted by Crippen LogP contribution is 2.40. The summed E-state index contributed by atoms with van der Waals surface area (Å²) in [4.78, 5) is -2.27. The van der Waals surface area contributed by atoms with Crippen LogP contribution in [-0.4, -0.2) is 11.1 Å². The third kappa shape index (κ3) is 1.59. The molecule has 0 unspecified atom stereocenters. The van der Waals surface area contributed by atoms with Gasteiger partial charge in [-0.2, -0.15) is 13.2 Å². The third-order valence-corrected chi connectivity index (χ3v) is 1.89. The minimum absolute atomic E-state index is 0.518. The summed E-state index contributed by atoms with van der Waals surface area (Å²) in [5.41, 5.74) is 0. The summed E-state index contributed by atoms with van der Waals surface area (Å²) >= 11 is 5.25. The van der Waals surface area contributed by atoms with Crippen molar-refractivity contribution >= 4 is 11.6 Å². The largest absolute Gasteiger partial charge is 0.414 e. The number of allylic oxidation sites excluding steroid dienone is 4. The van der Waals surface area contributed by atoms with E-state index in [0.717, 1.165) is 12.2 Å². The predicted octanol–water partition coefficient (Wildman–Crippen LogP) is 3.04. The molecule has 1 rings (SSSR count). The number of hydrogen-bond acceptors (Lipinski definition) is 0. The fourth-order valence-corrected chi connectivity index (χ4v) is 0.980. The van der Waals surface area contributed by atoms with Gasteiger partial charge in [0.15, 0.2) is 4.87 Å². The molecule has 0 aromatic carbocycles. The molecule has 0 atom stereocenters. The van der Waals surface area contributed by atoms with Crippen LogP contribution in [0.3, 0.4) is 0 Å². The highest BCUT2D eigenvalue weighted by atomic mass is 35.5. The molecule has 0 spiro atoms. The Morgan fingerprint density at radius 3 is 1.91 bits per heavy atom. The first-order valence-corrected chi connectivity index (χ1v) is 3.44. The Morgan fingerprint density at radius 2 is 1.64 bits per heavy atom. The van der Waals surface area contributed by atoms with Gasteiger partial charge in [0.2, 0.25) is 0 Å². The van der Waals surface area contributed by atoms with Gasteiger partial charge in [0, 0.05) is 0 Å². The fourth-order valence-electron chi connectivity index (χ4n) is 0.802. The van der Waals surface area contributed by atoms with Gasteiger partial charge in [0.1, 0.15) is 0 Å². The Hall–Kier alpha value is -0.440. The van der Waals surface area contributed by atoms with Crippen molar-refractivity contribution in [2.75, 3.05) is 0 Å². The van der Waals surface area contributed by atoms with E-state index >= 15 is 0 Å². The summed E-state index contributed by atoms with van der Waals surface area (Å²) in [6, 6.07) is 0. The molecular formula is C7H6ClF3. The molecule has 62 valence electrons. The van der Waals surface area contributed by atoms with Crippen LogP contribution in [0.5, 0.6) is 0 Å². The second kappa shape index (κ2) is 2.55. The first-order valence-electron chi connectivity index (χ1n) is 3.07. The molecule has 0 saturated carbocycles. The molecule has 0 aromatic heterocycles. The molecule has 1 aliphatic carbocycles. The van der Waals surface area contributed by atoms with Gasteiger partial charge in [0.25, 0.3) is 0 Å². The van der Waals surface area contributed by atoms with Gasteiger partial charge < -0.3 is 0 Å². The van der Waals surface area contributed by atoms with Crippen LogP contribution in [-0.2, 0) is 0 Å². The summed E-state index contributed by atoms with van der Waals surface area (Å²) in [5, 5.41) is 0. The second-order valence-electron chi connectivity index (χ2n) is 2.31. The van der Waals surface area contributed by atoms with Gasteiger partial charge in [-0.15, -0.1) is 11.6 Å². The van der Waals surface area contributed by atoms with Crippen LogP contribution in [0.4, 0.5) is 13.2 Å². The molecule has 0 N–H and O–H groups in total. The number of hydrogen-bond donors (Lipinski definition) is 0. The zero-order valence-electron chi connectivity index (χ0n) is 5.53. The maximum absolute atomic E-state index is 12.1. The molecule has 0 amide bonds. The van der Waals surface area contributed by atoms with E-state index in [1.54, 1.807) is 0 Å². The second-order valence-corrected chi connectivity index (χ2v) is 2.93. The molecule has 1 aliphatic rings. The normalized spacial score (nSPS) is 22.2. The minimum Gasteiger partial charge on any atom is -0.168 e. The smallest absolute Gasteiger partial charge is 0.168 e. The lowest BCUT2D eigenvalue weighted by atomic mass is 10.0. The maximum Gasteiger partial charge on any atom is 0.414 e. The molecule has 0 saturated heterocycles. The van der Waals surface area contributed by atoms with Crippen LogP contribution in [0.15, 0.2) is 24.3 Å². The van der Waals surface area contributed by atoms with Crippen molar-refractivity contribution in [3.63, 3.8) is 0 Å². The Morgan fingerprint density at radius 1 is 1.18 bits per heavy atom. The summed E-state index contributed by atoms with van der Waals surface area (Å²) in [5.74, 6) is 0. The Kier molecular flexibility index (Phi) is 2.01. The summed E-state index contributed by atoms with van der Waals surface area (Å²) in [7, 11) is 0. The number of rotatable bonds is 0. The van der Waals surface area contributed by atoms with Crippen molar-refractivity contribution in [1.29, 1.82) is 0 Å². The van der Waals surface area contributed by atoms with Crippen LogP contribution in [0.2, 0.25) is 0 Å². The van der Waals surface area contributed by atoms with E-state index in [1.165, 1.54) is 12.2 Å². The molecule has 0 bridgehead atoms. The van der Waals surface area contributed by atoms with Crippen LogP contribution >= 0.6 is 11.6 Å². The summed E-state index contributed by atoms with van der Waals surface area (Å²) < 4.78 is 36.3. The van der Waals surface area contributed by atoms with Crippen molar-refractivity contribution in [3.8, 4) is 0 Å². The van der Waals surface area contributed by atoms with Gasteiger partial charge in [-0.25, -0.2) is 0 Å². The molecule has 0 aromatic rings. The van der Waals surface area contributed by atoms with Crippen LogP contribution < -0.4 is 0 Å². The molecule has 0 fully saturated rings. The standard InChI is InChI=1S/C7H6ClF3/c8-6(7(9,10)11)4-2-1-3-5-6/h2-5H,1H2. The lowest BCUT2D eigenvalue weighted by molar-refractivity contribution is -0.139. The molecule has 0 heterocycles. The zero-order valence-corrected chi connectivity index (χ0v) is 6.28. The van der Waals surface area contributed by atoms with Crippen LogP contribution in [0.1, 0.15) is 6.42 Å². The van der Waals surface area contributed by atoms with E-state index in [4.69, 9.17) is 11.6 Å². The summed E-state index contributed by atoms with van der Waals surface area (Å²) in [6.45, 7) is 0. The van der Waals surface area contributed by atoms with Crippen molar-refractivity contribution < 1.29 is 13.2 Å². The van der Waals surface area contributed by atoms with Gasteiger partial charge in [-0.05, 0) is 6.42 Å². The van der Waals surface area contributed by atoms with E-state index in [9.17, 15) is 13.2 Å². The van der Waals surface area contributed by atoms with Gasteiger partial charge in [0.05, 0.1) is 0 Å². The number of halogens is 4. The lowest BCUT2D eigenvalue weighted by Gasteiger charge is -2.24. The van der Waals surface area contributed by atoms with E-state index < -0.39 is 11.1 Å². The van der Waals surface area contributed by atoms with E-state index in [-0.39, 0.29) is 0 Å². The molecule has 11 heavy (non-hydrogen) atoms. The van der Waals surface area contributed by atoms with E-state index in [0.29, 0.717) is 6.42 Å². The Labute approximate surface area is 67.3 Å². The average molecular weight is 183 g/mol. The quantitative estimate of drug-likeness (QED) is 0.399. The highest BCUT2D eigenvalue weighted by molar-refractivity contribution is 6.27. The van der Waals surface area contributed by atoms with Gasteiger partial charge in [-0.1, -0.05) is 24.3 Å². The first kappa shape index (κ1) is 8.65. The van der Waals surface area contributed by atoms with Crippen molar-refractivity contribution in [2.24, 2.45) is 0 Å². The highest BCUT2D eigenvalue weighted by Gasteiger charge is 2.50. The molecule has 0 radical (unpaired) electrons. The number of alkyl halides is 4. The Balaban J connectivity index is 2.90. The Bertz CT molecular complexity index is 190. The SMILES string of the molecule is FC(F)(F)C1(Cl)C=CCC=C1. The van der Waals surface area contributed by atoms with E-state index in [2.05, 4.69) is 0 Å². The fraction of sp³-hybridized carbons (Fsp3) is 0.429. The molecule has 0 aliphatic heterocycles. The van der Waals surface area contributed by atoms with Crippen molar-refractivity contribution in [3.05, 3.63) is 24.3 Å². The molecule has 0 nitrogen and oxygen atoms in total. The predicted molar refractivity (Wildman–Crippen MR) is 37.5 cm³/mol. The average Bonchev–Trinajstić information content (AvgIpc) is 1.87. The van der Waals surface area contributed by atoms with Gasteiger partial charge >= 0.3 is 6.18 Å². The van der Waals surface area contributed by atoms with Crippen LogP contribution in [0, 0.1) is 0 Å². The topological polar surface area (TPSA) is 0 Å². The summed E-state index contributed by atoms with van der Waals surface area (Å²) in [6.07, 6.45) is 0.858. The molecule has 4 heteroatoms. The maximum atomic E-state index is 12.1.